The molecule has 1 fully saturated rings. The molecule has 164 valence electrons. The van der Waals surface area contributed by atoms with Gasteiger partial charge in [-0.15, -0.1) is 0 Å². The number of benzene rings is 1. The van der Waals surface area contributed by atoms with E-state index in [0.29, 0.717) is 30.9 Å². The molecule has 1 aromatic heterocycles. The molecule has 1 saturated heterocycles. The van der Waals surface area contributed by atoms with Crippen molar-refractivity contribution in [1.82, 2.24) is 20.8 Å². The average Bonchev–Trinajstić information content (AvgIpc) is 3.22. The third-order valence-corrected chi connectivity index (χ3v) is 5.14. The normalized spacial score (nSPS) is 18.3. The number of rotatable bonds is 8. The van der Waals surface area contributed by atoms with Crippen molar-refractivity contribution >= 4 is 11.6 Å². The van der Waals surface area contributed by atoms with E-state index in [-0.39, 0.29) is 6.10 Å². The van der Waals surface area contributed by atoms with Crippen molar-refractivity contribution in [3.05, 3.63) is 41.5 Å². The van der Waals surface area contributed by atoms with Crippen molar-refractivity contribution in [2.75, 3.05) is 31.1 Å². The molecule has 8 nitrogen and oxygen atoms in total. The Bertz CT molecular complexity index is 804. The van der Waals surface area contributed by atoms with Crippen LogP contribution in [0.25, 0.3) is 0 Å². The monoisotopic (exact) mass is 414 g/mol. The van der Waals surface area contributed by atoms with Gasteiger partial charge < -0.3 is 24.8 Å². The van der Waals surface area contributed by atoms with E-state index >= 15 is 0 Å². The first-order valence-electron chi connectivity index (χ1n) is 10.9. The van der Waals surface area contributed by atoms with Crippen LogP contribution in [0.3, 0.4) is 0 Å². The summed E-state index contributed by atoms with van der Waals surface area (Å²) in [5.74, 6) is 1.81. The number of nitrogens with zero attached hydrogens (tertiary/aromatic N) is 4. The van der Waals surface area contributed by atoms with E-state index in [9.17, 15) is 0 Å². The molecule has 30 heavy (non-hydrogen) atoms. The molecule has 1 aliphatic rings. The van der Waals surface area contributed by atoms with Gasteiger partial charge in [0.1, 0.15) is 12.6 Å². The smallest absolute Gasteiger partial charge is 0.248 e. The van der Waals surface area contributed by atoms with Crippen LogP contribution in [-0.2, 0) is 11.3 Å². The van der Waals surface area contributed by atoms with Crippen LogP contribution in [-0.4, -0.2) is 48.4 Å². The molecule has 2 N–H and O–H groups in total. The molecule has 0 amide bonds. The Morgan fingerprint density at radius 2 is 2.13 bits per heavy atom. The molecular formula is C22H34N6O2. The lowest BCUT2D eigenvalue weighted by molar-refractivity contribution is 0.0683. The molecule has 2 atom stereocenters. The van der Waals surface area contributed by atoms with Gasteiger partial charge in [0.2, 0.25) is 5.89 Å². The van der Waals surface area contributed by atoms with Gasteiger partial charge in [-0.3, -0.25) is 0 Å². The van der Waals surface area contributed by atoms with Crippen molar-refractivity contribution in [1.29, 1.82) is 0 Å². The topological polar surface area (TPSA) is 87.8 Å². The maximum absolute atomic E-state index is 5.51. The summed E-state index contributed by atoms with van der Waals surface area (Å²) >= 11 is 0. The van der Waals surface area contributed by atoms with Crippen molar-refractivity contribution < 1.29 is 9.26 Å². The Balaban J connectivity index is 1.59. The molecular weight excluding hydrogens is 380 g/mol. The first kappa shape index (κ1) is 22.1. The number of aryl methyl sites for hydroxylation is 1. The van der Waals surface area contributed by atoms with Crippen molar-refractivity contribution in [3.8, 4) is 0 Å². The van der Waals surface area contributed by atoms with E-state index in [2.05, 4.69) is 68.8 Å². The number of hydrogen-bond acceptors (Lipinski definition) is 6. The van der Waals surface area contributed by atoms with Gasteiger partial charge in [-0.05, 0) is 52.7 Å². The molecule has 0 saturated carbocycles. The molecule has 3 rings (SSSR count). The fourth-order valence-corrected chi connectivity index (χ4v) is 3.57. The molecule has 0 bridgehead atoms. The summed E-state index contributed by atoms with van der Waals surface area (Å²) in [7, 11) is 0. The van der Waals surface area contributed by atoms with Gasteiger partial charge in [-0.25, -0.2) is 4.99 Å². The summed E-state index contributed by atoms with van der Waals surface area (Å²) < 4.78 is 10.8. The van der Waals surface area contributed by atoms with Crippen molar-refractivity contribution in [2.45, 2.75) is 59.2 Å². The first-order valence-corrected chi connectivity index (χ1v) is 10.9. The fraction of sp³-hybridized carbons (Fsp3) is 0.591. The highest BCUT2D eigenvalue weighted by Crippen LogP contribution is 2.20. The number of hydrogen-bond donors (Lipinski definition) is 2. The number of aromatic nitrogens is 2. The van der Waals surface area contributed by atoms with Crippen LogP contribution in [0.1, 0.15) is 57.0 Å². The molecule has 8 heteroatoms. The average molecular weight is 415 g/mol. The van der Waals surface area contributed by atoms with Gasteiger partial charge in [0, 0.05) is 38.0 Å². The number of guanidine groups is 1. The maximum atomic E-state index is 5.51. The summed E-state index contributed by atoms with van der Waals surface area (Å²) in [6, 6.07) is 9.07. The molecule has 1 aliphatic heterocycles. The molecule has 2 heterocycles. The van der Waals surface area contributed by atoms with Crippen molar-refractivity contribution in [3.63, 3.8) is 0 Å². The number of nitrogens with one attached hydrogen (secondary N) is 2. The highest BCUT2D eigenvalue weighted by molar-refractivity contribution is 5.80. The van der Waals surface area contributed by atoms with Gasteiger partial charge in [0.15, 0.2) is 11.8 Å². The molecule has 0 radical (unpaired) electrons. The lowest BCUT2D eigenvalue weighted by Gasteiger charge is -2.35. The molecule has 1 aromatic carbocycles. The Labute approximate surface area is 179 Å². The third-order valence-electron chi connectivity index (χ3n) is 5.14. The SMILES string of the molecule is CCNC(=NCc1nc(C(C)OCC)no1)NC1CCCN(c2ccc(C)cc2)C1. The summed E-state index contributed by atoms with van der Waals surface area (Å²) in [5.41, 5.74) is 2.56. The summed E-state index contributed by atoms with van der Waals surface area (Å²) in [6.07, 6.45) is 2.08. The second-order valence-electron chi connectivity index (χ2n) is 7.60. The van der Waals surface area contributed by atoms with E-state index in [1.165, 1.54) is 11.3 Å². The highest BCUT2D eigenvalue weighted by Gasteiger charge is 2.21. The Hall–Kier alpha value is -2.61. The third kappa shape index (κ3) is 6.19. The summed E-state index contributed by atoms with van der Waals surface area (Å²) in [6.45, 7) is 11.8. The number of anilines is 1. The predicted molar refractivity (Wildman–Crippen MR) is 119 cm³/mol. The largest absolute Gasteiger partial charge is 0.371 e. The van der Waals surface area contributed by atoms with Crippen molar-refractivity contribution in [2.24, 2.45) is 4.99 Å². The second kappa shape index (κ2) is 11.0. The lowest BCUT2D eigenvalue weighted by Crippen LogP contribution is -2.51. The number of ether oxygens (including phenoxy) is 1. The lowest BCUT2D eigenvalue weighted by atomic mass is 10.0. The molecule has 2 aromatic rings. The Kier molecular flexibility index (Phi) is 8.07. The molecule has 0 aliphatic carbocycles. The van der Waals surface area contributed by atoms with E-state index < -0.39 is 0 Å². The van der Waals surface area contributed by atoms with Crippen LogP contribution in [0.4, 0.5) is 5.69 Å². The minimum atomic E-state index is -0.183. The zero-order valence-electron chi connectivity index (χ0n) is 18.5. The van der Waals surface area contributed by atoms with Gasteiger partial charge in [0.05, 0.1) is 0 Å². The van der Waals surface area contributed by atoms with Gasteiger partial charge in [-0.1, -0.05) is 22.9 Å². The van der Waals surface area contributed by atoms with Gasteiger partial charge >= 0.3 is 0 Å². The standard InChI is InChI=1S/C22H34N6O2/c1-5-23-22(24-14-20-26-21(27-30-20)17(4)29-6-2)25-18-8-7-13-28(15-18)19-11-9-16(3)10-12-19/h9-12,17-18H,5-8,13-15H2,1-4H3,(H2,23,24,25). The zero-order valence-corrected chi connectivity index (χ0v) is 18.5. The molecule has 0 spiro atoms. The summed E-state index contributed by atoms with van der Waals surface area (Å²) in [5, 5.41) is 10.9. The highest BCUT2D eigenvalue weighted by atomic mass is 16.5. The maximum Gasteiger partial charge on any atom is 0.248 e. The number of piperidine rings is 1. The predicted octanol–water partition coefficient (Wildman–Crippen LogP) is 3.20. The second-order valence-corrected chi connectivity index (χ2v) is 7.60. The van der Waals surface area contributed by atoms with Crippen LogP contribution in [0.15, 0.2) is 33.8 Å². The fourth-order valence-electron chi connectivity index (χ4n) is 3.57. The van der Waals surface area contributed by atoms with Gasteiger partial charge in [-0.2, -0.15) is 4.98 Å². The minimum Gasteiger partial charge on any atom is -0.371 e. The van der Waals surface area contributed by atoms with Crippen LogP contribution in [0, 0.1) is 6.92 Å². The number of aliphatic imine (C=N–C) groups is 1. The zero-order chi connectivity index (χ0) is 21.3. The van der Waals surface area contributed by atoms with Crippen LogP contribution >= 0.6 is 0 Å². The molecule has 2 unspecified atom stereocenters. The Morgan fingerprint density at radius 3 is 2.87 bits per heavy atom. The van der Waals surface area contributed by atoms with Gasteiger partial charge in [0.25, 0.3) is 0 Å². The van der Waals surface area contributed by atoms with Crippen LogP contribution < -0.4 is 15.5 Å². The summed E-state index contributed by atoms with van der Waals surface area (Å²) in [4.78, 5) is 11.5. The first-order chi connectivity index (χ1) is 14.6. The Morgan fingerprint density at radius 1 is 1.33 bits per heavy atom. The van der Waals surface area contributed by atoms with Crippen LogP contribution in [0.2, 0.25) is 0 Å². The van der Waals surface area contributed by atoms with E-state index in [0.717, 1.165) is 38.4 Å². The minimum absolute atomic E-state index is 0.183. The van der Waals surface area contributed by atoms with Crippen LogP contribution in [0.5, 0.6) is 0 Å². The quantitative estimate of drug-likeness (QED) is 0.507. The van der Waals surface area contributed by atoms with E-state index in [1.54, 1.807) is 0 Å². The van der Waals surface area contributed by atoms with E-state index in [4.69, 9.17) is 9.26 Å². The van der Waals surface area contributed by atoms with E-state index in [1.807, 2.05) is 13.8 Å².